The van der Waals surface area contributed by atoms with Crippen molar-refractivity contribution in [1.82, 2.24) is 10.6 Å². The molecule has 3 unspecified atom stereocenters. The van der Waals surface area contributed by atoms with Crippen LogP contribution in [0.1, 0.15) is 28.8 Å². The summed E-state index contributed by atoms with van der Waals surface area (Å²) < 4.78 is 0. The first-order valence-corrected chi connectivity index (χ1v) is 7.77. The third-order valence-corrected chi connectivity index (χ3v) is 4.91. The van der Waals surface area contributed by atoms with E-state index in [0.717, 1.165) is 35.2 Å². The van der Waals surface area contributed by atoms with Crippen LogP contribution in [-0.2, 0) is 0 Å². The van der Waals surface area contributed by atoms with Gasteiger partial charge >= 0.3 is 0 Å². The maximum absolute atomic E-state index is 12.5. The van der Waals surface area contributed by atoms with Crippen LogP contribution < -0.4 is 10.6 Å². The third kappa shape index (κ3) is 2.26. The second kappa shape index (κ2) is 5.15. The molecular weight excluding hydrogens is 272 g/mol. The summed E-state index contributed by atoms with van der Waals surface area (Å²) in [6.45, 7) is 1.10. The maximum atomic E-state index is 12.5. The van der Waals surface area contributed by atoms with E-state index in [0.29, 0.717) is 11.6 Å². The lowest BCUT2D eigenvalue weighted by Gasteiger charge is -2.24. The molecule has 0 aromatic heterocycles. The van der Waals surface area contributed by atoms with Crippen molar-refractivity contribution in [3.05, 3.63) is 47.5 Å². The van der Waals surface area contributed by atoms with Crippen LogP contribution in [0.5, 0.6) is 0 Å². The SMILES string of the molecule is C#Cc1ccc2ccc(C(=O)NC3CC4CNC3C4)cc2c1. The first-order chi connectivity index (χ1) is 10.7. The minimum absolute atomic E-state index is 0.00682. The number of carbonyl (C=O) groups excluding carboxylic acids is 1. The van der Waals surface area contributed by atoms with Crippen LogP contribution in [0, 0.1) is 18.3 Å². The minimum Gasteiger partial charge on any atom is -0.348 e. The van der Waals surface area contributed by atoms with Gasteiger partial charge in [0.05, 0.1) is 0 Å². The van der Waals surface area contributed by atoms with Gasteiger partial charge in [0.1, 0.15) is 0 Å². The number of hydrogen-bond acceptors (Lipinski definition) is 2. The second-order valence-electron chi connectivity index (χ2n) is 6.35. The predicted molar refractivity (Wildman–Crippen MR) is 87.7 cm³/mol. The van der Waals surface area contributed by atoms with Crippen molar-refractivity contribution in [2.45, 2.75) is 24.9 Å². The Hall–Kier alpha value is -2.31. The number of nitrogens with one attached hydrogen (secondary N) is 2. The summed E-state index contributed by atoms with van der Waals surface area (Å²) in [5, 5.41) is 8.75. The average Bonchev–Trinajstić information content (AvgIpc) is 3.16. The molecule has 0 spiro atoms. The summed E-state index contributed by atoms with van der Waals surface area (Å²) in [5.41, 5.74) is 1.53. The van der Waals surface area contributed by atoms with Crippen molar-refractivity contribution in [3.8, 4) is 12.3 Å². The Balaban J connectivity index is 1.57. The number of carbonyl (C=O) groups is 1. The molecule has 2 aromatic carbocycles. The zero-order valence-corrected chi connectivity index (χ0v) is 12.3. The molecular formula is C19H18N2O. The van der Waals surface area contributed by atoms with Gasteiger partial charge in [-0.1, -0.05) is 18.1 Å². The van der Waals surface area contributed by atoms with Gasteiger partial charge in [-0.3, -0.25) is 4.79 Å². The molecule has 2 fully saturated rings. The standard InChI is InChI=1S/C19H18N2O/c1-2-12-3-4-14-5-6-15(10-16(14)7-12)19(22)21-18-9-13-8-17(18)20-11-13/h1,3-7,10,13,17-18,20H,8-9,11H2,(H,21,22). The maximum Gasteiger partial charge on any atom is 0.251 e. The number of amides is 1. The van der Waals surface area contributed by atoms with E-state index in [-0.39, 0.29) is 11.9 Å². The lowest BCUT2D eigenvalue weighted by molar-refractivity contribution is 0.0928. The van der Waals surface area contributed by atoms with Crippen molar-refractivity contribution in [1.29, 1.82) is 0 Å². The Labute approximate surface area is 130 Å². The van der Waals surface area contributed by atoms with Gasteiger partial charge < -0.3 is 10.6 Å². The quantitative estimate of drug-likeness (QED) is 0.833. The first kappa shape index (κ1) is 13.4. The zero-order valence-electron chi connectivity index (χ0n) is 12.3. The van der Waals surface area contributed by atoms with Gasteiger partial charge in [-0.2, -0.15) is 0 Å². The van der Waals surface area contributed by atoms with Gasteiger partial charge in [-0.15, -0.1) is 6.42 Å². The van der Waals surface area contributed by atoms with Gasteiger partial charge in [0, 0.05) is 23.2 Å². The summed E-state index contributed by atoms with van der Waals surface area (Å²) in [6, 6.07) is 12.4. The molecule has 3 atom stereocenters. The molecule has 1 saturated carbocycles. The van der Waals surface area contributed by atoms with Gasteiger partial charge in [-0.25, -0.2) is 0 Å². The van der Waals surface area contributed by atoms with E-state index in [1.807, 2.05) is 36.4 Å². The van der Waals surface area contributed by atoms with Crippen molar-refractivity contribution in [2.24, 2.45) is 5.92 Å². The molecule has 22 heavy (non-hydrogen) atoms. The van der Waals surface area contributed by atoms with Crippen molar-refractivity contribution < 1.29 is 4.79 Å². The molecule has 2 aliphatic rings. The fraction of sp³-hybridized carbons (Fsp3) is 0.316. The molecule has 3 heteroatoms. The summed E-state index contributed by atoms with van der Waals surface area (Å²) >= 11 is 0. The molecule has 4 rings (SSSR count). The van der Waals surface area contributed by atoms with Crippen molar-refractivity contribution >= 4 is 16.7 Å². The Morgan fingerprint density at radius 2 is 2.05 bits per heavy atom. The van der Waals surface area contributed by atoms with E-state index in [2.05, 4.69) is 16.6 Å². The fourth-order valence-electron chi connectivity index (χ4n) is 3.74. The highest BCUT2D eigenvalue weighted by Gasteiger charge is 2.39. The normalized spacial score (nSPS) is 26.0. The Bertz CT molecular complexity index is 790. The molecule has 2 bridgehead atoms. The lowest BCUT2D eigenvalue weighted by atomic mass is 10.0. The summed E-state index contributed by atoms with van der Waals surface area (Å²) in [7, 11) is 0. The number of benzene rings is 2. The Morgan fingerprint density at radius 1 is 1.18 bits per heavy atom. The van der Waals surface area contributed by atoms with Gasteiger partial charge in [0.25, 0.3) is 5.91 Å². The third-order valence-electron chi connectivity index (χ3n) is 4.91. The number of terminal acetylenes is 1. The zero-order chi connectivity index (χ0) is 15.1. The fourth-order valence-corrected chi connectivity index (χ4v) is 3.74. The second-order valence-corrected chi connectivity index (χ2v) is 6.35. The molecule has 1 saturated heterocycles. The topological polar surface area (TPSA) is 41.1 Å². The van der Waals surface area contributed by atoms with E-state index < -0.39 is 0 Å². The molecule has 1 heterocycles. The van der Waals surface area contributed by atoms with Crippen molar-refractivity contribution in [3.63, 3.8) is 0 Å². The molecule has 0 radical (unpaired) electrons. The highest BCUT2D eigenvalue weighted by molar-refractivity contribution is 5.99. The van der Waals surface area contributed by atoms with Gasteiger partial charge in [0.15, 0.2) is 0 Å². The van der Waals surface area contributed by atoms with Gasteiger partial charge in [0.2, 0.25) is 0 Å². The van der Waals surface area contributed by atoms with E-state index in [1.165, 1.54) is 6.42 Å². The number of rotatable bonds is 2. The van der Waals surface area contributed by atoms with E-state index >= 15 is 0 Å². The number of piperidine rings is 1. The molecule has 1 aliphatic carbocycles. The van der Waals surface area contributed by atoms with E-state index in [4.69, 9.17) is 6.42 Å². The van der Waals surface area contributed by atoms with Crippen LogP contribution in [0.25, 0.3) is 10.8 Å². The van der Waals surface area contributed by atoms with Crippen LogP contribution in [0.15, 0.2) is 36.4 Å². The van der Waals surface area contributed by atoms with Gasteiger partial charge in [-0.05, 0) is 60.3 Å². The Kier molecular flexibility index (Phi) is 3.13. The number of hydrogen-bond donors (Lipinski definition) is 2. The van der Waals surface area contributed by atoms with Crippen LogP contribution in [0.2, 0.25) is 0 Å². The van der Waals surface area contributed by atoms with E-state index in [9.17, 15) is 4.79 Å². The monoisotopic (exact) mass is 290 g/mol. The molecule has 3 nitrogen and oxygen atoms in total. The first-order valence-electron chi connectivity index (χ1n) is 7.77. The van der Waals surface area contributed by atoms with Crippen LogP contribution in [0.4, 0.5) is 0 Å². The van der Waals surface area contributed by atoms with Crippen molar-refractivity contribution in [2.75, 3.05) is 6.54 Å². The summed E-state index contributed by atoms with van der Waals surface area (Å²) in [6.07, 6.45) is 7.73. The minimum atomic E-state index is 0.00682. The lowest BCUT2D eigenvalue weighted by Crippen LogP contribution is -2.47. The summed E-state index contributed by atoms with van der Waals surface area (Å²) in [5.74, 6) is 3.37. The van der Waals surface area contributed by atoms with Crippen LogP contribution in [-0.4, -0.2) is 24.5 Å². The van der Waals surface area contributed by atoms with Crippen LogP contribution >= 0.6 is 0 Å². The Morgan fingerprint density at radius 3 is 2.77 bits per heavy atom. The molecule has 1 amide bonds. The molecule has 2 N–H and O–H groups in total. The van der Waals surface area contributed by atoms with E-state index in [1.54, 1.807) is 0 Å². The highest BCUT2D eigenvalue weighted by Crippen LogP contribution is 2.31. The molecule has 1 aliphatic heterocycles. The average molecular weight is 290 g/mol. The van der Waals surface area contributed by atoms with Crippen LogP contribution in [0.3, 0.4) is 0 Å². The number of fused-ring (bicyclic) bond motifs is 3. The molecule has 2 aromatic rings. The largest absolute Gasteiger partial charge is 0.348 e. The molecule has 110 valence electrons. The smallest absolute Gasteiger partial charge is 0.251 e. The predicted octanol–water partition coefficient (Wildman–Crippen LogP) is 2.30. The summed E-state index contributed by atoms with van der Waals surface area (Å²) in [4.78, 5) is 12.5. The highest BCUT2D eigenvalue weighted by atomic mass is 16.1.